The first kappa shape index (κ1) is 16.4. The predicted molar refractivity (Wildman–Crippen MR) is 21.7 cm³/mol. The summed E-state index contributed by atoms with van der Waals surface area (Å²) in [5, 5.41) is 0. The van der Waals surface area contributed by atoms with E-state index >= 15 is 0 Å². The Balaban J connectivity index is -0.0000000833. The van der Waals surface area contributed by atoms with Crippen molar-refractivity contribution in [2.45, 2.75) is 19.3 Å². The van der Waals surface area contributed by atoms with Crippen LogP contribution in [-0.2, 0) is 0 Å². The average molecular weight is 278 g/mol. The van der Waals surface area contributed by atoms with Gasteiger partial charge in [0.05, 0.1) is 0 Å². The summed E-state index contributed by atoms with van der Waals surface area (Å²) in [6.45, 7) is 0. The third-order valence-corrected chi connectivity index (χ3v) is 0.814. The van der Waals surface area contributed by atoms with Crippen molar-refractivity contribution < 1.29 is 66.6 Å². The monoisotopic (exact) mass is 277 g/mol. The van der Waals surface area contributed by atoms with Crippen LogP contribution in [0.2, 0.25) is 0 Å². The Morgan fingerprint density at radius 3 is 2.00 bits per heavy atom. The summed E-state index contributed by atoms with van der Waals surface area (Å²) in [6, 6.07) is 0. The maximum atomic E-state index is 3.10. The number of allylic oxidation sites excluding steroid dienone is 2. The Kier molecular flexibility index (Phi) is 23.5. The second-order valence-corrected chi connectivity index (χ2v) is 1.30. The summed E-state index contributed by atoms with van der Waals surface area (Å²) in [6.07, 6.45) is 9.00. The van der Waals surface area contributed by atoms with Gasteiger partial charge in [0.15, 0.2) is 0 Å². The molecule has 0 unspecified atom stereocenters. The van der Waals surface area contributed by atoms with E-state index in [0.29, 0.717) is 0 Å². The molecule has 1 aliphatic rings. The van der Waals surface area contributed by atoms with Crippen LogP contribution in [0.4, 0.5) is 0 Å². The molecule has 0 atom stereocenters. The molecule has 0 aliphatic heterocycles. The van der Waals surface area contributed by atoms with Crippen LogP contribution in [0.15, 0.2) is 6.08 Å². The van der Waals surface area contributed by atoms with E-state index in [9.17, 15) is 0 Å². The van der Waals surface area contributed by atoms with Crippen molar-refractivity contribution >= 4 is 0 Å². The van der Waals surface area contributed by atoms with Crippen molar-refractivity contribution in [3.8, 4) is 0 Å². The van der Waals surface area contributed by atoms with Crippen LogP contribution in [0, 0.1) is 47.8 Å². The molecule has 0 aromatic heterocycles. The minimum Gasteiger partial charge on any atom is -1.00 e. The van der Waals surface area contributed by atoms with Crippen LogP contribution in [-0.4, -0.2) is 0 Å². The normalized spacial score (nSPS) is 13.0. The van der Waals surface area contributed by atoms with Crippen molar-refractivity contribution in [2.75, 3.05) is 0 Å². The number of rotatable bonds is 0. The Labute approximate surface area is 96.7 Å². The molecule has 0 nitrogen and oxygen atoms in total. The SMILES string of the molecule is [C-]1=CCCC1.[Ce+3].[Cl-].[Cl-]. The Bertz CT molecular complexity index is 48.4. The van der Waals surface area contributed by atoms with Gasteiger partial charge in [-0.15, -0.1) is 0 Å². The van der Waals surface area contributed by atoms with Crippen LogP contribution in [0.25, 0.3) is 0 Å². The maximum absolute atomic E-state index is 3.10. The van der Waals surface area contributed by atoms with E-state index in [1.165, 1.54) is 19.3 Å². The fourth-order valence-corrected chi connectivity index (χ4v) is 0.510. The van der Waals surface area contributed by atoms with Crippen molar-refractivity contribution in [3.05, 3.63) is 12.2 Å². The van der Waals surface area contributed by atoms with Crippen molar-refractivity contribution in [3.63, 3.8) is 0 Å². The first-order valence-corrected chi connectivity index (χ1v) is 2.05. The van der Waals surface area contributed by atoms with E-state index in [4.69, 9.17) is 0 Å². The van der Waals surface area contributed by atoms with E-state index in [-0.39, 0.29) is 66.6 Å². The third kappa shape index (κ3) is 7.70. The summed E-state index contributed by atoms with van der Waals surface area (Å²) in [7, 11) is 0. The van der Waals surface area contributed by atoms with Crippen molar-refractivity contribution in [1.29, 1.82) is 0 Å². The average Bonchev–Trinajstić information content (AvgIpc) is 1.76. The predicted octanol–water partition coefficient (Wildman–Crippen LogP) is -4.46. The van der Waals surface area contributed by atoms with Crippen LogP contribution >= 0.6 is 0 Å². The molecule has 1 rings (SSSR count). The fourth-order valence-electron chi connectivity index (χ4n) is 0.510. The maximum Gasteiger partial charge on any atom is 3.00 e. The molecule has 1 radical (unpaired) electrons. The van der Waals surface area contributed by atoms with Gasteiger partial charge in [0.25, 0.3) is 0 Å². The fraction of sp³-hybridized carbons (Fsp3) is 0.600. The van der Waals surface area contributed by atoms with Gasteiger partial charge in [-0.05, 0) is 0 Å². The molecule has 0 N–H and O–H groups in total. The van der Waals surface area contributed by atoms with Gasteiger partial charge in [-0.25, -0.2) is 0 Å². The minimum absolute atomic E-state index is 0. The van der Waals surface area contributed by atoms with Gasteiger partial charge in [-0.1, -0.05) is 12.8 Å². The molecule has 0 fully saturated rings. The van der Waals surface area contributed by atoms with Gasteiger partial charge in [0.2, 0.25) is 0 Å². The smallest absolute Gasteiger partial charge is 1.00 e. The Morgan fingerprint density at radius 2 is 1.88 bits per heavy atom. The molecule has 0 bridgehead atoms. The first-order valence-electron chi connectivity index (χ1n) is 2.05. The van der Waals surface area contributed by atoms with Crippen LogP contribution < -0.4 is 24.8 Å². The van der Waals surface area contributed by atoms with Gasteiger partial charge in [0.1, 0.15) is 0 Å². The van der Waals surface area contributed by atoms with E-state index in [1.54, 1.807) is 0 Å². The molecular formula is C5H7CeCl2. The van der Waals surface area contributed by atoms with Crippen LogP contribution in [0.1, 0.15) is 19.3 Å². The Morgan fingerprint density at radius 1 is 1.25 bits per heavy atom. The summed E-state index contributed by atoms with van der Waals surface area (Å²) in [4.78, 5) is 0. The van der Waals surface area contributed by atoms with E-state index in [2.05, 4.69) is 12.2 Å². The Hall–Kier alpha value is 1.70. The molecule has 3 heteroatoms. The summed E-state index contributed by atoms with van der Waals surface area (Å²) in [5.41, 5.74) is 0. The molecule has 0 saturated carbocycles. The van der Waals surface area contributed by atoms with Crippen molar-refractivity contribution in [1.82, 2.24) is 0 Å². The largest absolute Gasteiger partial charge is 3.00 e. The number of hydrogen-bond donors (Lipinski definition) is 0. The molecule has 0 amide bonds. The van der Waals surface area contributed by atoms with Gasteiger partial charge >= 0.3 is 41.7 Å². The van der Waals surface area contributed by atoms with Gasteiger partial charge in [-0.3, -0.25) is 6.08 Å². The second kappa shape index (κ2) is 11.5. The molecule has 45 valence electrons. The molecule has 0 saturated heterocycles. The standard InChI is InChI=1S/C5H7.Ce.2ClH/c1-2-4-5-3-1;;;/h1H,2,4-5H2;;2*1H/q-1;+3;;/p-2. The molecule has 0 spiro atoms. The summed E-state index contributed by atoms with van der Waals surface area (Å²) in [5.74, 6) is 0. The summed E-state index contributed by atoms with van der Waals surface area (Å²) < 4.78 is 0. The molecule has 0 heterocycles. The molecule has 8 heavy (non-hydrogen) atoms. The van der Waals surface area contributed by atoms with Gasteiger partial charge in [0, 0.05) is 0 Å². The van der Waals surface area contributed by atoms with E-state index < -0.39 is 0 Å². The molecular weight excluding hydrogens is 271 g/mol. The first-order chi connectivity index (χ1) is 2.50. The molecule has 0 aromatic rings. The minimum atomic E-state index is 0. The topological polar surface area (TPSA) is 0 Å². The molecule has 1 aliphatic carbocycles. The van der Waals surface area contributed by atoms with Crippen molar-refractivity contribution in [2.24, 2.45) is 0 Å². The van der Waals surface area contributed by atoms with E-state index in [1.807, 2.05) is 0 Å². The number of halogens is 2. The van der Waals surface area contributed by atoms with Crippen LogP contribution in [0.5, 0.6) is 0 Å². The zero-order chi connectivity index (χ0) is 3.54. The van der Waals surface area contributed by atoms with Gasteiger partial charge in [-0.2, -0.15) is 6.42 Å². The second-order valence-electron chi connectivity index (χ2n) is 1.30. The molecule has 0 aromatic carbocycles. The number of hydrogen-bond acceptors (Lipinski definition) is 0. The zero-order valence-corrected chi connectivity index (χ0v) is 9.11. The third-order valence-electron chi connectivity index (χ3n) is 0.814. The van der Waals surface area contributed by atoms with Gasteiger partial charge < -0.3 is 30.9 Å². The van der Waals surface area contributed by atoms with E-state index in [0.717, 1.165) is 0 Å². The summed E-state index contributed by atoms with van der Waals surface area (Å²) >= 11 is 0. The zero-order valence-electron chi connectivity index (χ0n) is 4.45. The quantitative estimate of drug-likeness (QED) is 0.392. The van der Waals surface area contributed by atoms with Crippen LogP contribution in [0.3, 0.4) is 0 Å².